The molecule has 286 valence electrons. The average Bonchev–Trinajstić information content (AvgIpc) is 2.74. The van der Waals surface area contributed by atoms with E-state index in [0.717, 1.165) is 12.5 Å². The summed E-state index contributed by atoms with van der Waals surface area (Å²) in [5.41, 5.74) is 0. The van der Waals surface area contributed by atoms with Gasteiger partial charge in [-0.3, -0.25) is 0 Å². The second kappa shape index (κ2) is 67.8. The molecule has 0 heterocycles. The summed E-state index contributed by atoms with van der Waals surface area (Å²) in [6.45, 7) is 19.5. The fraction of sp³-hybridized carbons (Fsp3) is 0.920. The van der Waals surface area contributed by atoms with Crippen LogP contribution in [0.3, 0.4) is 0 Å². The number of hydrogen-bond donors (Lipinski definition) is 1. The first-order chi connectivity index (χ1) is 15.9. The number of aliphatic hydroxyl groups excluding tert-OH is 1. The van der Waals surface area contributed by atoms with Gasteiger partial charge in [-0.25, -0.2) is 0 Å². The third-order valence-electron chi connectivity index (χ3n) is 2.62. The fourth-order valence-corrected chi connectivity index (χ4v) is 3.27. The second-order valence-electron chi connectivity index (χ2n) is 5.53. The zero-order valence-electron chi connectivity index (χ0n) is 22.4. The van der Waals surface area contributed by atoms with Gasteiger partial charge in [0.25, 0.3) is 0 Å². The first-order valence-electron chi connectivity index (χ1n) is 11.1. The maximum Gasteiger partial charge on any atom is 0.500 e. The predicted octanol–water partition coefficient (Wildman–Crippen LogP) is 14.8. The van der Waals surface area contributed by atoms with Crippen molar-refractivity contribution in [2.24, 2.45) is 0 Å². The molecular weight excluding hydrogens is 991 g/mol. The molecule has 0 aliphatic rings. The maximum absolute atomic E-state index is 7.57. The molecule has 18 heteroatoms. The minimum absolute atomic E-state index is 0. The minimum Gasteiger partial charge on any atom is -0.397 e. The van der Waals surface area contributed by atoms with Crippen molar-refractivity contribution >= 4 is 127 Å². The van der Waals surface area contributed by atoms with E-state index in [1.807, 2.05) is 47.6 Å². The molecule has 0 aromatic carbocycles. The van der Waals surface area contributed by atoms with Crippen molar-refractivity contribution in [1.29, 1.82) is 0 Å². The van der Waals surface area contributed by atoms with E-state index in [9.17, 15) is 0 Å². The van der Waals surface area contributed by atoms with E-state index < -0.39 is 27.5 Å². The summed E-state index contributed by atoms with van der Waals surface area (Å²) in [5, 5.41) is 7.57. The standard InChI is InChI=1S/C8H20O3Si.C4H8.2C2H5Cl3Si.C2H6O.7CH4.Cl3HSi.Pt/c1-5-9-12(8-4,10-6-2)11-7-3;1-3-4-2;2*1-2-6(3,4)5;1-2-3;;;;;;;;1-4(2)3;/h5-8H2,1-4H3;3H,1,4H2,2H3;2*2H2,1H3;3H,2H2,1H3;7*1H4;4H;. The van der Waals surface area contributed by atoms with E-state index in [1.165, 1.54) is 0 Å². The van der Waals surface area contributed by atoms with Crippen molar-refractivity contribution in [2.45, 2.75) is 132 Å². The molecule has 43 heavy (non-hydrogen) atoms. The molecule has 0 aromatic rings. The molecule has 0 aromatic heterocycles. The maximum atomic E-state index is 7.57. The molecule has 1 N–H and O–H groups in total. The molecule has 0 fully saturated rings. The quantitative estimate of drug-likeness (QED) is 0.135. The van der Waals surface area contributed by atoms with Crippen LogP contribution in [0.25, 0.3) is 0 Å². The number of aliphatic hydroxyl groups is 1. The molecule has 0 spiro atoms. The largest absolute Gasteiger partial charge is 0.500 e. The zero-order valence-corrected chi connectivity index (χ0v) is 35.6. The SMILES string of the molecule is C.C.C.C.C.C.C.C=CCC.CCO.CCO[Si](CC)(OCC)OCC.CC[Si](Cl)(Cl)Cl.CC[Si](Cl)(Cl)Cl.Cl[SiH](Cl)Cl.[Pt]. The summed E-state index contributed by atoms with van der Waals surface area (Å²) in [6, 6.07) is -2.17. The van der Waals surface area contributed by atoms with Crippen molar-refractivity contribution < 1.29 is 39.4 Å². The van der Waals surface area contributed by atoms with Crippen LogP contribution in [0, 0.1) is 0 Å². The van der Waals surface area contributed by atoms with Gasteiger partial charge in [-0.15, -0.1) is 106 Å². The summed E-state index contributed by atoms with van der Waals surface area (Å²) in [6.07, 6.45) is 2.96. The van der Waals surface area contributed by atoms with Gasteiger partial charge in [0.05, 0.1) is 0 Å². The first-order valence-corrected chi connectivity index (χ1v) is 28.8. The van der Waals surface area contributed by atoms with Crippen LogP contribution in [0.15, 0.2) is 12.7 Å². The first kappa shape index (κ1) is 91.2. The molecule has 0 aliphatic carbocycles. The van der Waals surface area contributed by atoms with Gasteiger partial charge in [0.2, 0.25) is 0 Å². The predicted molar refractivity (Wildman–Crippen MR) is 224 cm³/mol. The van der Waals surface area contributed by atoms with Crippen LogP contribution in [0.2, 0.25) is 18.1 Å². The van der Waals surface area contributed by atoms with E-state index in [2.05, 4.69) is 13.5 Å². The summed E-state index contributed by atoms with van der Waals surface area (Å²) >= 11 is 47.2. The van der Waals surface area contributed by atoms with Crippen LogP contribution < -0.4 is 0 Å². The molecule has 0 amide bonds. The molecule has 0 atom stereocenters. The zero-order chi connectivity index (χ0) is 29.6. The van der Waals surface area contributed by atoms with Crippen molar-refractivity contribution in [3.63, 3.8) is 0 Å². The van der Waals surface area contributed by atoms with Crippen molar-refractivity contribution in [3.8, 4) is 0 Å². The van der Waals surface area contributed by atoms with E-state index in [0.29, 0.717) is 31.9 Å². The second-order valence-corrected chi connectivity index (χ2v) is 33.9. The van der Waals surface area contributed by atoms with Crippen molar-refractivity contribution in [2.75, 3.05) is 26.4 Å². The fourth-order valence-electron chi connectivity index (χ4n) is 1.09. The number of allylic oxidation sites excluding steroid dienone is 1. The van der Waals surface area contributed by atoms with Crippen LogP contribution in [0.5, 0.6) is 0 Å². The Morgan fingerprint density at radius 3 is 0.767 bits per heavy atom. The summed E-state index contributed by atoms with van der Waals surface area (Å²) < 4.78 is 16.7. The molecule has 0 rings (SSSR count). The molecule has 0 bridgehead atoms. The normalized spacial score (nSPS) is 8.53. The van der Waals surface area contributed by atoms with Crippen LogP contribution in [0.1, 0.15) is 114 Å². The average molecular weight is 1060 g/mol. The monoisotopic (exact) mass is 1060 g/mol. The van der Waals surface area contributed by atoms with Gasteiger partial charge in [-0.1, -0.05) is 85.8 Å². The van der Waals surface area contributed by atoms with Gasteiger partial charge in [0, 0.05) is 53.5 Å². The van der Waals surface area contributed by atoms with Gasteiger partial charge in [-0.2, -0.15) is 0 Å². The van der Waals surface area contributed by atoms with Gasteiger partial charge in [0.1, 0.15) is 0 Å². The Morgan fingerprint density at radius 1 is 0.581 bits per heavy atom. The third-order valence-corrected chi connectivity index (χ3v) is 12.1. The molecule has 0 radical (unpaired) electrons. The van der Waals surface area contributed by atoms with Gasteiger partial charge in [-0.05, 0) is 46.2 Å². The summed E-state index contributed by atoms with van der Waals surface area (Å²) in [5.74, 6) is 0. The number of halogens is 9. The Bertz CT molecular complexity index is 373. The van der Waals surface area contributed by atoms with Gasteiger partial charge < -0.3 is 18.4 Å². The molecule has 0 saturated carbocycles. The van der Waals surface area contributed by atoms with Crippen molar-refractivity contribution in [3.05, 3.63) is 12.7 Å². The molecule has 0 aliphatic heterocycles. The van der Waals surface area contributed by atoms with E-state index in [4.69, 9.17) is 118 Å². The van der Waals surface area contributed by atoms with E-state index in [-0.39, 0.29) is 79.7 Å². The Balaban J connectivity index is -0.0000000200. The summed E-state index contributed by atoms with van der Waals surface area (Å²) in [7, 11) is -2.27. The van der Waals surface area contributed by atoms with Crippen molar-refractivity contribution in [1.82, 2.24) is 0 Å². The van der Waals surface area contributed by atoms with E-state index in [1.54, 1.807) is 6.92 Å². The number of rotatable bonds is 10. The van der Waals surface area contributed by atoms with Crippen LogP contribution in [0.4, 0.5) is 0 Å². The smallest absolute Gasteiger partial charge is 0.397 e. The Hall–Kier alpha value is 3.75. The van der Waals surface area contributed by atoms with Gasteiger partial charge >= 0.3 is 27.5 Å². The Kier molecular flexibility index (Phi) is 144. The van der Waals surface area contributed by atoms with E-state index >= 15 is 0 Å². The van der Waals surface area contributed by atoms with Crippen LogP contribution in [-0.2, 0) is 34.3 Å². The molecule has 0 saturated heterocycles. The molecular formula is C25H73Cl9O4PtSi4. The molecule has 4 nitrogen and oxygen atoms in total. The summed E-state index contributed by atoms with van der Waals surface area (Å²) in [4.78, 5) is 0. The molecule has 0 unspecified atom stereocenters. The Labute approximate surface area is 334 Å². The topological polar surface area (TPSA) is 47.9 Å². The Morgan fingerprint density at radius 2 is 0.721 bits per heavy atom. The van der Waals surface area contributed by atoms with Crippen LogP contribution in [-0.4, -0.2) is 59.1 Å². The van der Waals surface area contributed by atoms with Gasteiger partial charge in [0.15, 0.2) is 0 Å². The third kappa shape index (κ3) is 132. The number of hydrogen-bond acceptors (Lipinski definition) is 4. The van der Waals surface area contributed by atoms with Crippen LogP contribution >= 0.6 is 99.7 Å². The minimum atomic E-state index is -2.27.